The van der Waals surface area contributed by atoms with Gasteiger partial charge in [-0.05, 0) is 51.1 Å². The second-order valence-electron chi connectivity index (χ2n) is 7.05. The van der Waals surface area contributed by atoms with E-state index in [1.54, 1.807) is 20.8 Å². The largest absolute Gasteiger partial charge is 0.323 e. The van der Waals surface area contributed by atoms with Crippen molar-refractivity contribution in [2.45, 2.75) is 26.3 Å². The van der Waals surface area contributed by atoms with Gasteiger partial charge in [0.15, 0.2) is 0 Å². The van der Waals surface area contributed by atoms with Gasteiger partial charge in [-0.25, -0.2) is 13.6 Å². The lowest BCUT2D eigenvalue weighted by Crippen LogP contribution is -2.45. The maximum absolute atomic E-state index is 13.6. The van der Waals surface area contributed by atoms with Gasteiger partial charge < -0.3 is 10.6 Å². The molecule has 140 valence electrons. The molecule has 1 aliphatic rings. The Bertz CT molecular complexity index is 947. The Labute approximate surface area is 154 Å². The molecule has 0 spiro atoms. The molecule has 4 amide bonds. The second-order valence-corrected chi connectivity index (χ2v) is 7.05. The summed E-state index contributed by atoms with van der Waals surface area (Å²) in [6.45, 7) is 5.22. The van der Waals surface area contributed by atoms with Crippen LogP contribution in [-0.2, 0) is 0 Å². The van der Waals surface area contributed by atoms with E-state index in [2.05, 4.69) is 10.6 Å². The van der Waals surface area contributed by atoms with Crippen LogP contribution in [0.5, 0.6) is 0 Å². The van der Waals surface area contributed by atoms with Crippen LogP contribution in [0.25, 0.3) is 0 Å². The van der Waals surface area contributed by atoms with Crippen molar-refractivity contribution in [3.05, 3.63) is 59.2 Å². The van der Waals surface area contributed by atoms with Crippen molar-refractivity contribution in [2.24, 2.45) is 0 Å². The second kappa shape index (κ2) is 6.46. The molecule has 0 saturated heterocycles. The average molecular weight is 373 g/mol. The molecule has 0 atom stereocenters. The topological polar surface area (TPSA) is 78.5 Å². The number of benzene rings is 2. The number of hydrogen-bond acceptors (Lipinski definition) is 3. The van der Waals surface area contributed by atoms with E-state index in [9.17, 15) is 23.2 Å². The van der Waals surface area contributed by atoms with E-state index in [0.29, 0.717) is 0 Å². The third kappa shape index (κ3) is 3.38. The minimum Gasteiger partial charge on any atom is -0.308 e. The summed E-state index contributed by atoms with van der Waals surface area (Å²) >= 11 is 0. The lowest BCUT2D eigenvalue weighted by Gasteiger charge is -2.29. The number of rotatable bonds is 2. The molecule has 0 unspecified atom stereocenters. The highest BCUT2D eigenvalue weighted by Gasteiger charge is 2.41. The predicted molar refractivity (Wildman–Crippen MR) is 95.7 cm³/mol. The average Bonchev–Trinajstić information content (AvgIpc) is 2.82. The molecule has 0 saturated carbocycles. The van der Waals surface area contributed by atoms with E-state index >= 15 is 0 Å². The van der Waals surface area contributed by atoms with Gasteiger partial charge in [0.1, 0.15) is 17.3 Å². The fourth-order valence-corrected chi connectivity index (χ4v) is 2.82. The Morgan fingerprint density at radius 2 is 1.52 bits per heavy atom. The number of amides is 4. The highest BCUT2D eigenvalue weighted by atomic mass is 19.1. The number of nitrogens with one attached hydrogen (secondary N) is 2. The quantitative estimate of drug-likeness (QED) is 0.781. The van der Waals surface area contributed by atoms with Gasteiger partial charge in [-0.2, -0.15) is 0 Å². The Balaban J connectivity index is 1.81. The van der Waals surface area contributed by atoms with E-state index in [-0.39, 0.29) is 16.8 Å². The summed E-state index contributed by atoms with van der Waals surface area (Å²) in [5, 5.41) is 4.48. The fraction of sp³-hybridized carbons (Fsp3) is 0.211. The molecule has 1 heterocycles. The number of nitrogens with zero attached hydrogens (tertiary/aromatic N) is 1. The summed E-state index contributed by atoms with van der Waals surface area (Å²) in [5.41, 5.74) is -0.674. The first kappa shape index (κ1) is 18.5. The molecule has 8 heteroatoms. The van der Waals surface area contributed by atoms with E-state index in [4.69, 9.17) is 0 Å². The zero-order valence-corrected chi connectivity index (χ0v) is 14.9. The smallest absolute Gasteiger partial charge is 0.308 e. The Kier molecular flexibility index (Phi) is 4.43. The molecule has 1 aliphatic heterocycles. The number of carbonyl (C=O) groups excluding carboxylic acids is 3. The van der Waals surface area contributed by atoms with Crippen LogP contribution in [0.2, 0.25) is 0 Å². The highest BCUT2D eigenvalue weighted by molar-refractivity contribution is 6.22. The van der Waals surface area contributed by atoms with Crippen LogP contribution in [0.15, 0.2) is 36.4 Å². The summed E-state index contributed by atoms with van der Waals surface area (Å²) in [7, 11) is 0. The van der Waals surface area contributed by atoms with Crippen molar-refractivity contribution in [2.75, 3.05) is 10.6 Å². The summed E-state index contributed by atoms with van der Waals surface area (Å²) in [6.07, 6.45) is 0. The lowest BCUT2D eigenvalue weighted by atomic mass is 10.1. The van der Waals surface area contributed by atoms with Crippen LogP contribution in [0, 0.1) is 11.6 Å². The van der Waals surface area contributed by atoms with Gasteiger partial charge in [-0.1, -0.05) is 6.07 Å². The predicted octanol–water partition coefficient (Wildman–Crippen LogP) is 4.00. The minimum atomic E-state index is -0.916. The van der Waals surface area contributed by atoms with Gasteiger partial charge >= 0.3 is 6.03 Å². The molecule has 6 nitrogen and oxygen atoms in total. The molecule has 0 fully saturated rings. The molecule has 0 aliphatic carbocycles. The third-order valence-electron chi connectivity index (χ3n) is 4.02. The van der Waals surface area contributed by atoms with Crippen LogP contribution < -0.4 is 10.6 Å². The zero-order valence-electron chi connectivity index (χ0n) is 14.9. The summed E-state index contributed by atoms with van der Waals surface area (Å²) in [5.74, 6) is -2.71. The maximum atomic E-state index is 13.6. The van der Waals surface area contributed by atoms with Crippen molar-refractivity contribution in [3.63, 3.8) is 0 Å². The number of halogens is 2. The standard InChI is InChI=1S/C19H17F2N3O3/c1-19(2,3)24-16(25)11-8-7-10(9-12(11)17(24)26)22-18(27)23-15-13(20)5-4-6-14(15)21/h4-9H,1-3H3,(H2,22,23,27). The number of para-hydroxylation sites is 1. The van der Waals surface area contributed by atoms with Gasteiger partial charge in [0, 0.05) is 11.2 Å². The summed E-state index contributed by atoms with van der Waals surface area (Å²) < 4.78 is 27.2. The number of imide groups is 1. The third-order valence-corrected chi connectivity index (χ3v) is 4.02. The summed E-state index contributed by atoms with van der Waals surface area (Å²) in [4.78, 5) is 38.2. The molecule has 3 rings (SSSR count). The number of anilines is 2. The van der Waals surface area contributed by atoms with Crippen molar-refractivity contribution in [3.8, 4) is 0 Å². The van der Waals surface area contributed by atoms with E-state index < -0.39 is 40.7 Å². The first-order chi connectivity index (χ1) is 12.6. The first-order valence-electron chi connectivity index (χ1n) is 8.14. The fourth-order valence-electron chi connectivity index (χ4n) is 2.82. The maximum Gasteiger partial charge on any atom is 0.323 e. The number of carbonyl (C=O) groups is 3. The van der Waals surface area contributed by atoms with E-state index in [1.807, 2.05) is 0 Å². The van der Waals surface area contributed by atoms with Crippen LogP contribution in [0.1, 0.15) is 41.5 Å². The zero-order chi connectivity index (χ0) is 19.9. The SMILES string of the molecule is CC(C)(C)N1C(=O)c2ccc(NC(=O)Nc3c(F)cccc3F)cc2C1=O. The molecule has 0 radical (unpaired) electrons. The van der Waals surface area contributed by atoms with E-state index in [0.717, 1.165) is 17.0 Å². The van der Waals surface area contributed by atoms with E-state index in [1.165, 1.54) is 24.3 Å². The number of urea groups is 1. The van der Waals surface area contributed by atoms with Crippen molar-refractivity contribution in [1.29, 1.82) is 0 Å². The van der Waals surface area contributed by atoms with Crippen LogP contribution in [0.3, 0.4) is 0 Å². The lowest BCUT2D eigenvalue weighted by molar-refractivity contribution is 0.0507. The van der Waals surface area contributed by atoms with Crippen LogP contribution >= 0.6 is 0 Å². The first-order valence-corrected chi connectivity index (χ1v) is 8.14. The summed E-state index contributed by atoms with van der Waals surface area (Å²) in [6, 6.07) is 6.55. The van der Waals surface area contributed by atoms with Crippen molar-refractivity contribution in [1.82, 2.24) is 4.90 Å². The Morgan fingerprint density at radius 1 is 0.926 bits per heavy atom. The molecular formula is C19H17F2N3O3. The molecule has 0 aromatic heterocycles. The van der Waals surface area contributed by atoms with Gasteiger partial charge in [0.05, 0.1) is 11.1 Å². The number of hydrogen-bond donors (Lipinski definition) is 2. The van der Waals surface area contributed by atoms with Gasteiger partial charge in [-0.15, -0.1) is 0 Å². The molecule has 2 N–H and O–H groups in total. The molecule has 27 heavy (non-hydrogen) atoms. The van der Waals surface area contributed by atoms with Gasteiger partial charge in [0.25, 0.3) is 11.8 Å². The molecule has 2 aromatic rings. The monoisotopic (exact) mass is 373 g/mol. The van der Waals surface area contributed by atoms with Crippen molar-refractivity contribution >= 4 is 29.2 Å². The highest BCUT2D eigenvalue weighted by Crippen LogP contribution is 2.31. The van der Waals surface area contributed by atoms with Gasteiger partial charge in [0.2, 0.25) is 0 Å². The Morgan fingerprint density at radius 3 is 2.11 bits per heavy atom. The molecule has 0 bridgehead atoms. The van der Waals surface area contributed by atoms with Crippen molar-refractivity contribution < 1.29 is 23.2 Å². The van der Waals surface area contributed by atoms with Gasteiger partial charge in [-0.3, -0.25) is 14.5 Å². The van der Waals surface area contributed by atoms with Crippen LogP contribution in [0.4, 0.5) is 25.0 Å². The molecule has 2 aromatic carbocycles. The molecular weight excluding hydrogens is 356 g/mol. The van der Waals surface area contributed by atoms with Crippen LogP contribution in [-0.4, -0.2) is 28.3 Å². The normalized spacial score (nSPS) is 13.6. The Hall–Kier alpha value is -3.29. The number of fused-ring (bicyclic) bond motifs is 1. The minimum absolute atomic E-state index is 0.157.